The van der Waals surface area contributed by atoms with Crippen molar-refractivity contribution >= 4 is 39.0 Å². The molecule has 10 aromatic rings. The molecule has 2 aliphatic rings. The van der Waals surface area contributed by atoms with Crippen LogP contribution in [0.5, 0.6) is 0 Å². The number of nitrogens with zero attached hydrogens (tertiary/aromatic N) is 1. The Hall–Kier alpha value is -7.42. The molecule has 0 atom stereocenters. The summed E-state index contributed by atoms with van der Waals surface area (Å²) >= 11 is 0. The van der Waals surface area contributed by atoms with Gasteiger partial charge in [0.05, 0.1) is 16.8 Å². The van der Waals surface area contributed by atoms with E-state index in [4.69, 9.17) is 4.42 Å². The van der Waals surface area contributed by atoms with Gasteiger partial charge in [0.25, 0.3) is 0 Å². The predicted octanol–water partition coefficient (Wildman–Crippen LogP) is 14.7. The third-order valence-electron chi connectivity index (χ3n) is 12.3. The second-order valence-electron chi connectivity index (χ2n) is 15.2. The Morgan fingerprint density at radius 2 is 0.825 bits per heavy atom. The number of furan rings is 1. The highest BCUT2D eigenvalue weighted by Crippen LogP contribution is 2.64. The van der Waals surface area contributed by atoms with Gasteiger partial charge in [-0.05, 0) is 104 Å². The van der Waals surface area contributed by atoms with Gasteiger partial charge in [-0.1, -0.05) is 170 Å². The molecule has 0 bridgehead atoms. The summed E-state index contributed by atoms with van der Waals surface area (Å²) in [6.45, 7) is 0. The predicted molar refractivity (Wildman–Crippen MR) is 236 cm³/mol. The first-order chi connectivity index (χ1) is 28.3. The van der Waals surface area contributed by atoms with Crippen molar-refractivity contribution in [3.8, 4) is 44.5 Å². The number of anilines is 3. The summed E-state index contributed by atoms with van der Waals surface area (Å²) in [6, 6.07) is 77.7. The third kappa shape index (κ3) is 4.53. The third-order valence-corrected chi connectivity index (χ3v) is 12.3. The molecule has 2 nitrogen and oxygen atoms in total. The highest BCUT2D eigenvalue weighted by atomic mass is 16.3. The van der Waals surface area contributed by atoms with E-state index in [0.717, 1.165) is 44.4 Å². The molecule has 9 aromatic carbocycles. The molecule has 2 heteroatoms. The zero-order chi connectivity index (χ0) is 37.5. The largest absolute Gasteiger partial charge is 0.455 e. The number of benzene rings is 9. The van der Waals surface area contributed by atoms with Crippen LogP contribution in [-0.4, -0.2) is 0 Å². The van der Waals surface area contributed by atoms with Crippen LogP contribution in [0.15, 0.2) is 217 Å². The van der Waals surface area contributed by atoms with Crippen LogP contribution in [0.4, 0.5) is 17.1 Å². The highest BCUT2D eigenvalue weighted by molar-refractivity contribution is 6.10. The lowest BCUT2D eigenvalue weighted by Crippen LogP contribution is -2.36. The van der Waals surface area contributed by atoms with Crippen LogP contribution in [0, 0.1) is 0 Å². The fraction of sp³-hybridized carbons (Fsp3) is 0.0182. The molecule has 2 heterocycles. The first-order valence-electron chi connectivity index (χ1n) is 19.7. The number of rotatable bonds is 4. The summed E-state index contributed by atoms with van der Waals surface area (Å²) in [4.78, 5) is 2.47. The molecule has 1 aliphatic heterocycles. The second-order valence-corrected chi connectivity index (χ2v) is 15.2. The molecule has 1 aromatic heterocycles. The first kappa shape index (κ1) is 31.9. The molecular weight excluding hydrogens is 691 g/mol. The highest BCUT2D eigenvalue weighted by Gasteiger charge is 2.52. The Kier molecular flexibility index (Phi) is 6.88. The molecule has 266 valence electrons. The van der Waals surface area contributed by atoms with Gasteiger partial charge in [0.1, 0.15) is 11.2 Å². The molecule has 12 rings (SSSR count). The number of hydrogen-bond acceptors (Lipinski definition) is 2. The Morgan fingerprint density at radius 1 is 0.333 bits per heavy atom. The van der Waals surface area contributed by atoms with E-state index in [9.17, 15) is 0 Å². The number of fused-ring (bicyclic) bond motifs is 12. The van der Waals surface area contributed by atoms with E-state index < -0.39 is 5.41 Å². The molecule has 0 fully saturated rings. The molecule has 0 radical (unpaired) electrons. The van der Waals surface area contributed by atoms with Crippen molar-refractivity contribution in [2.24, 2.45) is 0 Å². The maximum absolute atomic E-state index is 6.66. The van der Waals surface area contributed by atoms with Gasteiger partial charge in [-0.25, -0.2) is 0 Å². The zero-order valence-electron chi connectivity index (χ0n) is 31.1. The lowest BCUT2D eigenvalue weighted by atomic mass is 9.64. The van der Waals surface area contributed by atoms with Crippen molar-refractivity contribution < 1.29 is 4.42 Å². The Labute approximate surface area is 331 Å². The standard InChI is InChI=1S/C55H35NO/c1-3-16-36(17-4-1)40-20-7-8-21-41(40)37-30-32-51-49(34-37)55(47-27-12-9-22-43(47)44-23-10-13-28-48(44)55)50-35-38(31-33-52(50)56(51)39-18-5-2-6-19-39)42-25-15-26-46-45-24-11-14-29-53(45)57-54(42)46/h1-35H. The normalized spacial score (nSPS) is 13.4. The van der Waals surface area contributed by atoms with Gasteiger partial charge in [0.15, 0.2) is 0 Å². The molecule has 0 amide bonds. The molecule has 1 aliphatic carbocycles. The maximum atomic E-state index is 6.66. The van der Waals surface area contributed by atoms with Crippen molar-refractivity contribution in [3.05, 3.63) is 235 Å². The molecular formula is C55H35NO. The van der Waals surface area contributed by atoms with E-state index in [1.165, 1.54) is 61.3 Å². The summed E-state index contributed by atoms with van der Waals surface area (Å²) < 4.78 is 6.66. The van der Waals surface area contributed by atoms with E-state index >= 15 is 0 Å². The fourth-order valence-corrected chi connectivity index (χ4v) is 9.92. The average molecular weight is 726 g/mol. The van der Waals surface area contributed by atoms with E-state index in [2.05, 4.69) is 211 Å². The lowest BCUT2D eigenvalue weighted by Gasteiger charge is -2.45. The lowest BCUT2D eigenvalue weighted by molar-refractivity contribution is 0.670. The summed E-state index contributed by atoms with van der Waals surface area (Å²) in [7, 11) is 0. The molecule has 0 unspecified atom stereocenters. The van der Waals surface area contributed by atoms with Gasteiger partial charge < -0.3 is 9.32 Å². The van der Waals surface area contributed by atoms with Gasteiger partial charge in [0, 0.05) is 22.0 Å². The summed E-state index contributed by atoms with van der Waals surface area (Å²) in [6.07, 6.45) is 0. The Balaban J connectivity index is 1.20. The minimum absolute atomic E-state index is 0.612. The van der Waals surface area contributed by atoms with Gasteiger partial charge >= 0.3 is 0 Å². The van der Waals surface area contributed by atoms with E-state index in [0.29, 0.717) is 0 Å². The first-order valence-corrected chi connectivity index (χ1v) is 19.7. The fourth-order valence-electron chi connectivity index (χ4n) is 9.92. The summed E-state index contributed by atoms with van der Waals surface area (Å²) in [5.41, 5.74) is 19.4. The van der Waals surface area contributed by atoms with Crippen LogP contribution in [0.3, 0.4) is 0 Å². The van der Waals surface area contributed by atoms with Gasteiger partial charge in [-0.15, -0.1) is 0 Å². The smallest absolute Gasteiger partial charge is 0.143 e. The van der Waals surface area contributed by atoms with Crippen LogP contribution >= 0.6 is 0 Å². The average Bonchev–Trinajstić information content (AvgIpc) is 3.81. The van der Waals surface area contributed by atoms with Crippen LogP contribution in [0.1, 0.15) is 22.3 Å². The van der Waals surface area contributed by atoms with E-state index in [1.54, 1.807) is 0 Å². The summed E-state index contributed by atoms with van der Waals surface area (Å²) in [5, 5.41) is 2.26. The Morgan fingerprint density at radius 3 is 1.49 bits per heavy atom. The minimum Gasteiger partial charge on any atom is -0.455 e. The van der Waals surface area contributed by atoms with Crippen LogP contribution in [-0.2, 0) is 5.41 Å². The molecule has 0 N–H and O–H groups in total. The van der Waals surface area contributed by atoms with Gasteiger partial charge in [-0.3, -0.25) is 0 Å². The monoisotopic (exact) mass is 725 g/mol. The molecule has 0 saturated carbocycles. The van der Waals surface area contributed by atoms with E-state index in [1.807, 2.05) is 6.07 Å². The van der Waals surface area contributed by atoms with Crippen LogP contribution in [0.25, 0.3) is 66.4 Å². The topological polar surface area (TPSA) is 16.4 Å². The minimum atomic E-state index is -0.612. The van der Waals surface area contributed by atoms with Gasteiger partial charge in [0.2, 0.25) is 0 Å². The number of para-hydroxylation sites is 3. The van der Waals surface area contributed by atoms with Crippen LogP contribution < -0.4 is 4.90 Å². The molecule has 57 heavy (non-hydrogen) atoms. The van der Waals surface area contributed by atoms with Crippen molar-refractivity contribution in [1.29, 1.82) is 0 Å². The SMILES string of the molecule is c1ccc(-c2ccccc2-c2ccc3c(c2)C2(c4ccccc4-c4ccccc42)c2cc(-c4cccc5c4oc4ccccc45)ccc2N3c2ccccc2)cc1. The molecule has 1 spiro atoms. The van der Waals surface area contributed by atoms with Gasteiger partial charge in [-0.2, -0.15) is 0 Å². The van der Waals surface area contributed by atoms with Crippen LogP contribution in [0.2, 0.25) is 0 Å². The zero-order valence-corrected chi connectivity index (χ0v) is 31.1. The van der Waals surface area contributed by atoms with E-state index in [-0.39, 0.29) is 0 Å². The molecule has 0 saturated heterocycles. The van der Waals surface area contributed by atoms with Crippen molar-refractivity contribution in [1.82, 2.24) is 0 Å². The quantitative estimate of drug-likeness (QED) is 0.180. The van der Waals surface area contributed by atoms with Crippen molar-refractivity contribution in [2.45, 2.75) is 5.41 Å². The second kappa shape index (κ2) is 12.3. The summed E-state index contributed by atoms with van der Waals surface area (Å²) in [5.74, 6) is 0. The maximum Gasteiger partial charge on any atom is 0.143 e. The van der Waals surface area contributed by atoms with Crippen molar-refractivity contribution in [2.75, 3.05) is 4.90 Å². The van der Waals surface area contributed by atoms with Crippen molar-refractivity contribution in [3.63, 3.8) is 0 Å². The number of hydrogen-bond donors (Lipinski definition) is 0. The Bertz CT molecular complexity index is 3150.